The molecule has 1 heterocycles. The number of rotatable bonds is 6. The first-order valence-electron chi connectivity index (χ1n) is 5.63. The van der Waals surface area contributed by atoms with Gasteiger partial charge in [-0.25, -0.2) is 0 Å². The second-order valence-corrected chi connectivity index (χ2v) is 4.30. The Kier molecular flexibility index (Phi) is 3.47. The van der Waals surface area contributed by atoms with Gasteiger partial charge in [-0.05, 0) is 12.0 Å². The molecule has 6 nitrogen and oxygen atoms in total. The van der Waals surface area contributed by atoms with Crippen molar-refractivity contribution in [2.45, 2.75) is 12.5 Å². The maximum Gasteiger partial charge on any atom is 0.269 e. The number of carbonyl (C=O) groups is 1. The molecule has 2 N–H and O–H groups in total. The first kappa shape index (κ1) is 12.4. The van der Waals surface area contributed by atoms with E-state index in [1.54, 1.807) is 12.1 Å². The van der Waals surface area contributed by atoms with E-state index < -0.39 is 4.92 Å². The lowest BCUT2D eigenvalue weighted by atomic mass is 9.92. The Morgan fingerprint density at radius 3 is 2.61 bits per heavy atom. The molecule has 0 aliphatic carbocycles. The topological polar surface area (TPSA) is 106 Å². The summed E-state index contributed by atoms with van der Waals surface area (Å²) < 4.78 is 0. The van der Waals surface area contributed by atoms with Crippen molar-refractivity contribution >= 4 is 17.7 Å². The fourth-order valence-corrected chi connectivity index (χ4v) is 1.91. The van der Waals surface area contributed by atoms with Gasteiger partial charge in [-0.2, -0.15) is 0 Å². The Labute approximate surface area is 104 Å². The van der Waals surface area contributed by atoms with Gasteiger partial charge in [-0.1, -0.05) is 12.1 Å². The number of non-ortho nitro benzene ring substituents is 1. The summed E-state index contributed by atoms with van der Waals surface area (Å²) in [6, 6.07) is 6.31. The zero-order valence-electron chi connectivity index (χ0n) is 9.63. The summed E-state index contributed by atoms with van der Waals surface area (Å²) in [7, 11) is 0. The molecule has 1 aliphatic heterocycles. The van der Waals surface area contributed by atoms with E-state index in [9.17, 15) is 14.9 Å². The summed E-state index contributed by atoms with van der Waals surface area (Å²) in [5.41, 5.74) is 0.910. The molecule has 94 valence electrons. The molecule has 1 aromatic rings. The van der Waals surface area contributed by atoms with Crippen molar-refractivity contribution in [1.29, 1.82) is 5.41 Å². The molecule has 0 saturated carbocycles. The van der Waals surface area contributed by atoms with Crippen LogP contribution in [0.4, 0.5) is 5.69 Å². The monoisotopic (exact) mass is 247 g/mol. The van der Waals surface area contributed by atoms with E-state index in [0.29, 0.717) is 6.42 Å². The summed E-state index contributed by atoms with van der Waals surface area (Å²) in [5.74, 6) is -0.452. The second-order valence-electron chi connectivity index (χ2n) is 4.30. The van der Waals surface area contributed by atoms with E-state index in [4.69, 9.17) is 5.41 Å². The molecular formula is C12H13N3O3. The van der Waals surface area contributed by atoms with E-state index >= 15 is 0 Å². The van der Waals surface area contributed by atoms with Crippen LogP contribution in [0.5, 0.6) is 0 Å². The van der Waals surface area contributed by atoms with E-state index in [0.717, 1.165) is 18.3 Å². The SMILES string of the molecule is N=CC(=O)[C@H](Cc1ccc([N+](=O)[O-])cc1)C1CN1. The Balaban J connectivity index is 2.09. The van der Waals surface area contributed by atoms with E-state index in [2.05, 4.69) is 5.32 Å². The minimum absolute atomic E-state index is 0.0400. The Hall–Kier alpha value is -2.08. The number of Topliss-reactive ketones (excluding diaryl/α,β-unsaturated/α-hetero) is 1. The third kappa shape index (κ3) is 2.78. The number of nitrogens with zero attached hydrogens (tertiary/aromatic N) is 1. The van der Waals surface area contributed by atoms with Crippen LogP contribution in [0.1, 0.15) is 5.56 Å². The molecule has 6 heteroatoms. The van der Waals surface area contributed by atoms with Crippen molar-refractivity contribution in [1.82, 2.24) is 5.32 Å². The first-order valence-corrected chi connectivity index (χ1v) is 5.63. The molecule has 1 unspecified atom stereocenters. The lowest BCUT2D eigenvalue weighted by Gasteiger charge is -2.11. The molecule has 2 atom stereocenters. The molecular weight excluding hydrogens is 234 g/mol. The van der Waals surface area contributed by atoms with Gasteiger partial charge in [0.05, 0.1) is 11.1 Å². The molecule has 1 saturated heterocycles. The largest absolute Gasteiger partial charge is 0.310 e. The zero-order valence-corrected chi connectivity index (χ0v) is 9.63. The van der Waals surface area contributed by atoms with Crippen LogP contribution >= 0.6 is 0 Å². The van der Waals surface area contributed by atoms with Crippen LogP contribution in [0.25, 0.3) is 0 Å². The zero-order chi connectivity index (χ0) is 13.1. The van der Waals surface area contributed by atoms with Crippen LogP contribution in [0.3, 0.4) is 0 Å². The minimum Gasteiger partial charge on any atom is -0.310 e. The van der Waals surface area contributed by atoms with Gasteiger partial charge in [0, 0.05) is 30.6 Å². The number of carbonyl (C=O) groups excluding carboxylic acids is 1. The molecule has 0 bridgehead atoms. The summed E-state index contributed by atoms with van der Waals surface area (Å²) in [5, 5.41) is 20.6. The number of benzene rings is 1. The van der Waals surface area contributed by atoms with Crippen molar-refractivity contribution in [2.24, 2.45) is 5.92 Å². The van der Waals surface area contributed by atoms with Gasteiger partial charge in [0.1, 0.15) is 0 Å². The molecule has 0 radical (unpaired) electrons. The standard InChI is InChI=1S/C12H13N3O3/c13-6-12(16)10(11-7-14-11)5-8-1-3-9(4-2-8)15(17)18/h1-4,6,10-11,13-14H,5,7H2/t10-,11?/m1/s1. The third-order valence-corrected chi connectivity index (χ3v) is 3.04. The average Bonchev–Trinajstić information content (AvgIpc) is 3.20. The molecule has 1 fully saturated rings. The van der Waals surface area contributed by atoms with Crippen LogP contribution in [0, 0.1) is 21.4 Å². The highest BCUT2D eigenvalue weighted by Crippen LogP contribution is 2.20. The van der Waals surface area contributed by atoms with Gasteiger partial charge in [-0.3, -0.25) is 14.9 Å². The molecule has 0 spiro atoms. The van der Waals surface area contributed by atoms with Gasteiger partial charge in [-0.15, -0.1) is 0 Å². The first-order chi connectivity index (χ1) is 8.61. The highest BCUT2D eigenvalue weighted by Gasteiger charge is 2.34. The average molecular weight is 247 g/mol. The third-order valence-electron chi connectivity index (χ3n) is 3.04. The van der Waals surface area contributed by atoms with E-state index in [-0.39, 0.29) is 23.4 Å². The highest BCUT2D eigenvalue weighted by atomic mass is 16.6. The van der Waals surface area contributed by atoms with Crippen molar-refractivity contribution < 1.29 is 9.72 Å². The summed E-state index contributed by atoms with van der Waals surface area (Å²) in [6.07, 6.45) is 1.35. The molecule has 2 rings (SSSR count). The molecule has 1 aliphatic rings. The summed E-state index contributed by atoms with van der Waals surface area (Å²) >= 11 is 0. The van der Waals surface area contributed by atoms with Crippen molar-refractivity contribution in [3.8, 4) is 0 Å². The fraction of sp³-hybridized carbons (Fsp3) is 0.333. The maximum atomic E-state index is 11.6. The maximum absolute atomic E-state index is 11.6. The van der Waals surface area contributed by atoms with Crippen molar-refractivity contribution in [2.75, 3.05) is 6.54 Å². The number of ketones is 1. The molecule has 0 amide bonds. The van der Waals surface area contributed by atoms with Gasteiger partial charge >= 0.3 is 0 Å². The van der Waals surface area contributed by atoms with Crippen LogP contribution in [-0.4, -0.2) is 29.5 Å². The van der Waals surface area contributed by atoms with Gasteiger partial charge in [0.2, 0.25) is 0 Å². The van der Waals surface area contributed by atoms with Crippen molar-refractivity contribution in [3.63, 3.8) is 0 Å². The normalized spacial score (nSPS) is 19.0. The molecule has 1 aromatic carbocycles. The van der Waals surface area contributed by atoms with Gasteiger partial charge in [0.25, 0.3) is 5.69 Å². The number of nitro groups is 1. The van der Waals surface area contributed by atoms with Gasteiger partial charge in [0.15, 0.2) is 5.78 Å². The quantitative estimate of drug-likeness (QED) is 0.337. The van der Waals surface area contributed by atoms with E-state index in [1.807, 2.05) is 0 Å². The van der Waals surface area contributed by atoms with Crippen LogP contribution in [0.2, 0.25) is 0 Å². The summed E-state index contributed by atoms with van der Waals surface area (Å²) in [6.45, 7) is 0.789. The second kappa shape index (κ2) is 5.05. The van der Waals surface area contributed by atoms with E-state index in [1.165, 1.54) is 12.1 Å². The fourth-order valence-electron chi connectivity index (χ4n) is 1.91. The van der Waals surface area contributed by atoms with Crippen molar-refractivity contribution in [3.05, 3.63) is 39.9 Å². The van der Waals surface area contributed by atoms with Crippen LogP contribution in [-0.2, 0) is 11.2 Å². The number of nitrogens with one attached hydrogen (secondary N) is 2. The summed E-state index contributed by atoms with van der Waals surface area (Å²) in [4.78, 5) is 21.6. The lowest BCUT2D eigenvalue weighted by Crippen LogP contribution is -2.25. The van der Waals surface area contributed by atoms with Crippen LogP contribution < -0.4 is 5.32 Å². The Bertz CT molecular complexity index is 480. The lowest BCUT2D eigenvalue weighted by molar-refractivity contribution is -0.384. The highest BCUT2D eigenvalue weighted by molar-refractivity contribution is 6.27. The predicted octanol–water partition coefficient (Wildman–Crippen LogP) is 0.944. The van der Waals surface area contributed by atoms with Gasteiger partial charge < -0.3 is 10.7 Å². The Morgan fingerprint density at radius 2 is 2.17 bits per heavy atom. The molecule has 18 heavy (non-hydrogen) atoms. The number of hydrogen-bond acceptors (Lipinski definition) is 5. The number of nitro benzene ring substituents is 1. The smallest absolute Gasteiger partial charge is 0.269 e. The Morgan fingerprint density at radius 1 is 1.56 bits per heavy atom. The predicted molar refractivity (Wildman–Crippen MR) is 65.9 cm³/mol. The number of hydrogen-bond donors (Lipinski definition) is 2. The van der Waals surface area contributed by atoms with Crippen LogP contribution in [0.15, 0.2) is 24.3 Å². The molecule has 0 aromatic heterocycles. The minimum atomic E-state index is -0.452.